The molecule has 0 aliphatic carbocycles. The maximum absolute atomic E-state index is 9.86. The van der Waals surface area contributed by atoms with Crippen molar-refractivity contribution in [2.75, 3.05) is 6.61 Å². The standard InChI is InChI=1S/C14H14O2.Ni/c15-14(12-7-3-1-4-8-12)11-16-13-9-5-2-6-10-13;/h1-10,14-15H,11H2;. The molecule has 1 unspecified atom stereocenters. The van der Waals surface area contributed by atoms with Gasteiger partial charge in [-0.15, -0.1) is 0 Å². The molecule has 1 N–H and O–H groups in total. The van der Waals surface area contributed by atoms with Crippen molar-refractivity contribution < 1.29 is 26.3 Å². The van der Waals surface area contributed by atoms with Gasteiger partial charge in [0.05, 0.1) is 0 Å². The van der Waals surface area contributed by atoms with Gasteiger partial charge in [-0.05, 0) is 17.7 Å². The van der Waals surface area contributed by atoms with Crippen molar-refractivity contribution in [2.45, 2.75) is 6.10 Å². The zero-order valence-electron chi connectivity index (χ0n) is 9.23. The molecule has 0 saturated carbocycles. The van der Waals surface area contributed by atoms with Gasteiger partial charge in [0, 0.05) is 16.5 Å². The van der Waals surface area contributed by atoms with Crippen molar-refractivity contribution in [3.8, 4) is 5.75 Å². The van der Waals surface area contributed by atoms with E-state index in [0.717, 1.165) is 11.3 Å². The third kappa shape index (κ3) is 4.22. The summed E-state index contributed by atoms with van der Waals surface area (Å²) in [4.78, 5) is 0. The SMILES string of the molecule is OC(COc1ccccc1)c1ccccc1.[Ni]. The van der Waals surface area contributed by atoms with E-state index in [4.69, 9.17) is 4.74 Å². The Morgan fingerprint density at radius 2 is 1.41 bits per heavy atom. The Labute approximate surface area is 111 Å². The van der Waals surface area contributed by atoms with Gasteiger partial charge in [-0.25, -0.2) is 0 Å². The molecule has 0 fully saturated rings. The summed E-state index contributed by atoms with van der Waals surface area (Å²) in [5, 5.41) is 9.86. The van der Waals surface area contributed by atoms with E-state index in [2.05, 4.69) is 0 Å². The second kappa shape index (κ2) is 7.10. The first kappa shape index (κ1) is 13.8. The fourth-order valence-electron chi connectivity index (χ4n) is 1.46. The Kier molecular flexibility index (Phi) is 5.75. The van der Waals surface area contributed by atoms with Crippen LogP contribution >= 0.6 is 0 Å². The van der Waals surface area contributed by atoms with Gasteiger partial charge in [0.2, 0.25) is 0 Å². The molecule has 0 spiro atoms. The van der Waals surface area contributed by atoms with Crippen LogP contribution in [-0.4, -0.2) is 11.7 Å². The average Bonchev–Trinajstić information content (AvgIpc) is 2.38. The second-order valence-electron chi connectivity index (χ2n) is 3.55. The maximum Gasteiger partial charge on any atom is 0.119 e. The molecule has 2 aromatic rings. The third-order valence-corrected chi connectivity index (χ3v) is 2.34. The number of para-hydroxylation sites is 1. The molecule has 0 aromatic heterocycles. The van der Waals surface area contributed by atoms with Gasteiger partial charge in [-0.1, -0.05) is 48.5 Å². The molecular formula is C14H14NiO2. The van der Waals surface area contributed by atoms with Crippen LogP contribution in [0.4, 0.5) is 0 Å². The number of aliphatic hydroxyl groups excluding tert-OH is 1. The summed E-state index contributed by atoms with van der Waals surface area (Å²) < 4.78 is 5.47. The number of ether oxygens (including phenoxy) is 1. The molecule has 3 heteroatoms. The normalized spacial score (nSPS) is 11.4. The molecule has 0 amide bonds. The Balaban J connectivity index is 0.00000144. The third-order valence-electron chi connectivity index (χ3n) is 2.34. The molecule has 0 bridgehead atoms. The number of hydrogen-bond donors (Lipinski definition) is 1. The number of hydrogen-bond acceptors (Lipinski definition) is 2. The molecule has 0 aliphatic heterocycles. The van der Waals surface area contributed by atoms with Gasteiger partial charge in [-0.2, -0.15) is 0 Å². The summed E-state index contributed by atoms with van der Waals surface area (Å²) in [5.41, 5.74) is 0.874. The minimum atomic E-state index is -0.582. The topological polar surface area (TPSA) is 29.5 Å². The summed E-state index contributed by atoms with van der Waals surface area (Å²) in [6.07, 6.45) is -0.582. The molecule has 0 aliphatic rings. The summed E-state index contributed by atoms with van der Waals surface area (Å²) >= 11 is 0. The van der Waals surface area contributed by atoms with Crippen LogP contribution < -0.4 is 4.74 Å². The molecule has 2 nitrogen and oxygen atoms in total. The van der Waals surface area contributed by atoms with Crippen LogP contribution in [-0.2, 0) is 16.5 Å². The van der Waals surface area contributed by atoms with Crippen molar-refractivity contribution >= 4 is 0 Å². The number of benzene rings is 2. The van der Waals surface area contributed by atoms with Crippen LogP contribution in [0.5, 0.6) is 5.75 Å². The molecule has 17 heavy (non-hydrogen) atoms. The monoisotopic (exact) mass is 272 g/mol. The Hall–Kier alpha value is -1.31. The second-order valence-corrected chi connectivity index (χ2v) is 3.55. The van der Waals surface area contributed by atoms with Gasteiger partial charge in [0.1, 0.15) is 18.5 Å². The van der Waals surface area contributed by atoms with Gasteiger partial charge in [-0.3, -0.25) is 0 Å². The van der Waals surface area contributed by atoms with Crippen molar-refractivity contribution in [3.63, 3.8) is 0 Å². The van der Waals surface area contributed by atoms with Crippen LogP contribution in [0, 0.1) is 0 Å². The van der Waals surface area contributed by atoms with Gasteiger partial charge >= 0.3 is 0 Å². The van der Waals surface area contributed by atoms with E-state index < -0.39 is 6.10 Å². The predicted octanol–water partition coefficient (Wildman–Crippen LogP) is 2.80. The molecule has 0 heterocycles. The summed E-state index contributed by atoms with van der Waals surface area (Å²) in [6, 6.07) is 19.0. The first-order valence-electron chi connectivity index (χ1n) is 5.27. The predicted molar refractivity (Wildman–Crippen MR) is 63.3 cm³/mol. The fraction of sp³-hybridized carbons (Fsp3) is 0.143. The summed E-state index contributed by atoms with van der Waals surface area (Å²) in [7, 11) is 0. The van der Waals surface area contributed by atoms with E-state index in [9.17, 15) is 5.11 Å². The minimum Gasteiger partial charge on any atom is -0.491 e. The van der Waals surface area contributed by atoms with E-state index in [1.54, 1.807) is 0 Å². The van der Waals surface area contributed by atoms with Crippen molar-refractivity contribution in [1.29, 1.82) is 0 Å². The van der Waals surface area contributed by atoms with Crippen LogP contribution in [0.15, 0.2) is 60.7 Å². The molecule has 1 atom stereocenters. The molecule has 2 rings (SSSR count). The van der Waals surface area contributed by atoms with E-state index >= 15 is 0 Å². The first-order valence-corrected chi connectivity index (χ1v) is 5.27. The van der Waals surface area contributed by atoms with Crippen molar-refractivity contribution in [1.82, 2.24) is 0 Å². The minimum absolute atomic E-state index is 0. The Morgan fingerprint density at radius 3 is 2.00 bits per heavy atom. The maximum atomic E-state index is 9.86. The fourth-order valence-corrected chi connectivity index (χ4v) is 1.46. The van der Waals surface area contributed by atoms with Gasteiger partial charge < -0.3 is 9.84 Å². The zero-order chi connectivity index (χ0) is 11.2. The quantitative estimate of drug-likeness (QED) is 0.868. The molecule has 2 aromatic carbocycles. The largest absolute Gasteiger partial charge is 0.491 e. The summed E-state index contributed by atoms with van der Waals surface area (Å²) in [5.74, 6) is 0.775. The average molecular weight is 273 g/mol. The van der Waals surface area contributed by atoms with E-state index in [-0.39, 0.29) is 23.1 Å². The first-order chi connectivity index (χ1) is 7.86. The molecule has 92 valence electrons. The number of rotatable bonds is 4. The van der Waals surface area contributed by atoms with Crippen molar-refractivity contribution in [2.24, 2.45) is 0 Å². The zero-order valence-corrected chi connectivity index (χ0v) is 10.2. The van der Waals surface area contributed by atoms with Crippen LogP contribution in [0.3, 0.4) is 0 Å². The van der Waals surface area contributed by atoms with Crippen LogP contribution in [0.1, 0.15) is 11.7 Å². The van der Waals surface area contributed by atoms with Gasteiger partial charge in [0.15, 0.2) is 0 Å². The molecular weight excluding hydrogens is 259 g/mol. The van der Waals surface area contributed by atoms with Crippen LogP contribution in [0.2, 0.25) is 0 Å². The molecule has 0 radical (unpaired) electrons. The van der Waals surface area contributed by atoms with Gasteiger partial charge in [0.25, 0.3) is 0 Å². The summed E-state index contributed by atoms with van der Waals surface area (Å²) in [6.45, 7) is 0.272. The van der Waals surface area contributed by atoms with Crippen molar-refractivity contribution in [3.05, 3.63) is 66.2 Å². The molecule has 0 saturated heterocycles. The Bertz CT molecular complexity index is 417. The van der Waals surface area contributed by atoms with Crippen LogP contribution in [0.25, 0.3) is 0 Å². The Morgan fingerprint density at radius 1 is 0.882 bits per heavy atom. The van der Waals surface area contributed by atoms with E-state index in [1.165, 1.54) is 0 Å². The van der Waals surface area contributed by atoms with E-state index in [1.807, 2.05) is 60.7 Å². The van der Waals surface area contributed by atoms with E-state index in [0.29, 0.717) is 0 Å². The smallest absolute Gasteiger partial charge is 0.119 e. The number of aliphatic hydroxyl groups is 1.